The van der Waals surface area contributed by atoms with Crippen LogP contribution in [0.5, 0.6) is 0 Å². The standard InChI is InChI=1S/C15H21NO/c1-9-7-11(3)13(8-10(9)2)14(17)15(4,16)12-5-6-12/h7-8,12H,5-6,16H2,1-4H3. The molecule has 92 valence electrons. The Kier molecular flexibility index (Phi) is 2.86. The third kappa shape index (κ3) is 2.14. The second-order valence-corrected chi connectivity index (χ2v) is 5.64. The first-order chi connectivity index (χ1) is 7.84. The summed E-state index contributed by atoms with van der Waals surface area (Å²) >= 11 is 0. The number of carbonyl (C=O) groups is 1. The topological polar surface area (TPSA) is 43.1 Å². The normalized spacial score (nSPS) is 18.9. The van der Waals surface area contributed by atoms with Gasteiger partial charge in [-0.2, -0.15) is 0 Å². The number of rotatable bonds is 3. The Balaban J connectivity index is 2.40. The monoisotopic (exact) mass is 231 g/mol. The molecule has 0 bridgehead atoms. The van der Waals surface area contributed by atoms with Crippen LogP contribution >= 0.6 is 0 Å². The van der Waals surface area contributed by atoms with Crippen molar-refractivity contribution in [3.05, 3.63) is 34.4 Å². The van der Waals surface area contributed by atoms with Crippen LogP contribution in [0.1, 0.15) is 46.8 Å². The Bertz CT molecular complexity index is 470. The van der Waals surface area contributed by atoms with Crippen molar-refractivity contribution in [2.75, 3.05) is 0 Å². The van der Waals surface area contributed by atoms with Gasteiger partial charge in [0.05, 0.1) is 5.54 Å². The zero-order valence-corrected chi connectivity index (χ0v) is 11.1. The van der Waals surface area contributed by atoms with Crippen LogP contribution in [0.3, 0.4) is 0 Å². The molecule has 0 aromatic heterocycles. The van der Waals surface area contributed by atoms with Crippen LogP contribution in [-0.2, 0) is 0 Å². The van der Waals surface area contributed by atoms with Crippen molar-refractivity contribution in [3.8, 4) is 0 Å². The molecule has 2 N–H and O–H groups in total. The van der Waals surface area contributed by atoms with Gasteiger partial charge in [-0.3, -0.25) is 4.79 Å². The molecule has 0 saturated heterocycles. The molecular weight excluding hydrogens is 210 g/mol. The lowest BCUT2D eigenvalue weighted by Crippen LogP contribution is -2.47. The number of hydrogen-bond donors (Lipinski definition) is 1. The van der Waals surface area contributed by atoms with Crippen molar-refractivity contribution < 1.29 is 4.79 Å². The number of nitrogens with two attached hydrogens (primary N) is 1. The Morgan fingerprint density at radius 2 is 1.71 bits per heavy atom. The maximum atomic E-state index is 12.5. The molecular formula is C15H21NO. The van der Waals surface area contributed by atoms with Gasteiger partial charge in [0.2, 0.25) is 0 Å². The molecule has 17 heavy (non-hydrogen) atoms. The molecule has 1 saturated carbocycles. The number of aryl methyl sites for hydroxylation is 3. The summed E-state index contributed by atoms with van der Waals surface area (Å²) in [5, 5.41) is 0. The minimum atomic E-state index is -0.688. The van der Waals surface area contributed by atoms with E-state index >= 15 is 0 Å². The summed E-state index contributed by atoms with van der Waals surface area (Å²) in [7, 11) is 0. The van der Waals surface area contributed by atoms with Crippen LogP contribution in [0.15, 0.2) is 12.1 Å². The van der Waals surface area contributed by atoms with Crippen LogP contribution in [-0.4, -0.2) is 11.3 Å². The first-order valence-electron chi connectivity index (χ1n) is 6.25. The molecule has 1 unspecified atom stereocenters. The van der Waals surface area contributed by atoms with Crippen molar-refractivity contribution in [1.29, 1.82) is 0 Å². The van der Waals surface area contributed by atoms with Crippen molar-refractivity contribution >= 4 is 5.78 Å². The fourth-order valence-electron chi connectivity index (χ4n) is 2.36. The first kappa shape index (κ1) is 12.3. The van der Waals surface area contributed by atoms with Gasteiger partial charge in [0.25, 0.3) is 0 Å². The number of ketones is 1. The maximum Gasteiger partial charge on any atom is 0.182 e. The van der Waals surface area contributed by atoms with Gasteiger partial charge in [0, 0.05) is 5.56 Å². The van der Waals surface area contributed by atoms with E-state index in [1.165, 1.54) is 5.56 Å². The third-order valence-electron chi connectivity index (χ3n) is 4.00. The van der Waals surface area contributed by atoms with Crippen molar-refractivity contribution in [3.63, 3.8) is 0 Å². The van der Waals surface area contributed by atoms with Crippen LogP contribution < -0.4 is 5.73 Å². The summed E-state index contributed by atoms with van der Waals surface area (Å²) in [6, 6.07) is 4.06. The fourth-order valence-corrected chi connectivity index (χ4v) is 2.36. The van der Waals surface area contributed by atoms with Gasteiger partial charge >= 0.3 is 0 Å². The summed E-state index contributed by atoms with van der Waals surface area (Å²) in [6.45, 7) is 7.97. The molecule has 1 aliphatic rings. The molecule has 1 aliphatic carbocycles. The second kappa shape index (κ2) is 3.95. The summed E-state index contributed by atoms with van der Waals surface area (Å²) in [4.78, 5) is 12.5. The number of Topliss-reactive ketones (excluding diaryl/α,β-unsaturated/α-hetero) is 1. The minimum absolute atomic E-state index is 0.0978. The predicted octanol–water partition coefficient (Wildman–Crippen LogP) is 2.92. The number of benzene rings is 1. The van der Waals surface area contributed by atoms with Gasteiger partial charge in [-0.1, -0.05) is 6.07 Å². The molecule has 0 radical (unpaired) electrons. The molecule has 2 rings (SSSR count). The second-order valence-electron chi connectivity index (χ2n) is 5.64. The first-order valence-corrected chi connectivity index (χ1v) is 6.25. The highest BCUT2D eigenvalue weighted by Crippen LogP contribution is 2.40. The van der Waals surface area contributed by atoms with Crippen molar-refractivity contribution in [1.82, 2.24) is 0 Å². The van der Waals surface area contributed by atoms with Gasteiger partial charge in [-0.15, -0.1) is 0 Å². The molecule has 0 spiro atoms. The number of carbonyl (C=O) groups excluding carboxylic acids is 1. The van der Waals surface area contributed by atoms with E-state index in [9.17, 15) is 4.79 Å². The van der Waals surface area contributed by atoms with Crippen molar-refractivity contribution in [2.24, 2.45) is 11.7 Å². The average Bonchev–Trinajstić information content (AvgIpc) is 3.06. The largest absolute Gasteiger partial charge is 0.319 e. The summed E-state index contributed by atoms with van der Waals surface area (Å²) in [5.41, 5.74) is 9.73. The summed E-state index contributed by atoms with van der Waals surface area (Å²) in [6.07, 6.45) is 2.17. The van der Waals surface area contributed by atoms with E-state index < -0.39 is 5.54 Å². The molecule has 2 heteroatoms. The van der Waals surface area contributed by atoms with Gasteiger partial charge in [0.1, 0.15) is 0 Å². The Hall–Kier alpha value is -1.15. The van der Waals surface area contributed by atoms with Crippen LogP contribution in [0, 0.1) is 26.7 Å². The zero-order valence-electron chi connectivity index (χ0n) is 11.1. The highest BCUT2D eigenvalue weighted by Gasteiger charge is 2.44. The van der Waals surface area contributed by atoms with E-state index in [0.717, 1.165) is 29.5 Å². The molecule has 1 aromatic carbocycles. The molecule has 1 atom stereocenters. The predicted molar refractivity (Wildman–Crippen MR) is 70.3 cm³/mol. The van der Waals surface area contributed by atoms with E-state index in [-0.39, 0.29) is 5.78 Å². The lowest BCUT2D eigenvalue weighted by molar-refractivity contribution is 0.0882. The quantitative estimate of drug-likeness (QED) is 0.813. The lowest BCUT2D eigenvalue weighted by atomic mass is 9.84. The fraction of sp³-hybridized carbons (Fsp3) is 0.533. The Morgan fingerprint density at radius 1 is 1.18 bits per heavy atom. The summed E-state index contributed by atoms with van der Waals surface area (Å²) in [5.74, 6) is 0.469. The number of hydrogen-bond acceptors (Lipinski definition) is 2. The van der Waals surface area contributed by atoms with E-state index in [2.05, 4.69) is 13.0 Å². The maximum absolute atomic E-state index is 12.5. The molecule has 2 nitrogen and oxygen atoms in total. The molecule has 1 aromatic rings. The van der Waals surface area contributed by atoms with E-state index in [1.807, 2.05) is 26.8 Å². The molecule has 1 fully saturated rings. The lowest BCUT2D eigenvalue weighted by Gasteiger charge is -2.24. The van der Waals surface area contributed by atoms with Gasteiger partial charge < -0.3 is 5.73 Å². The third-order valence-corrected chi connectivity index (χ3v) is 4.00. The van der Waals surface area contributed by atoms with Crippen LogP contribution in [0.2, 0.25) is 0 Å². The van der Waals surface area contributed by atoms with Gasteiger partial charge in [-0.05, 0) is 69.2 Å². The zero-order chi connectivity index (χ0) is 12.8. The molecule has 0 amide bonds. The molecule has 0 heterocycles. The van der Waals surface area contributed by atoms with E-state index in [1.54, 1.807) is 0 Å². The average molecular weight is 231 g/mol. The van der Waals surface area contributed by atoms with Crippen LogP contribution in [0.4, 0.5) is 0 Å². The Labute approximate surface area is 103 Å². The van der Waals surface area contributed by atoms with Gasteiger partial charge in [0.15, 0.2) is 5.78 Å². The van der Waals surface area contributed by atoms with E-state index in [4.69, 9.17) is 5.73 Å². The Morgan fingerprint density at radius 3 is 2.24 bits per heavy atom. The SMILES string of the molecule is Cc1cc(C)c(C(=O)C(C)(N)C2CC2)cc1C. The van der Waals surface area contributed by atoms with Gasteiger partial charge in [-0.25, -0.2) is 0 Å². The minimum Gasteiger partial charge on any atom is -0.319 e. The highest BCUT2D eigenvalue weighted by molar-refractivity contribution is 6.04. The van der Waals surface area contributed by atoms with E-state index in [0.29, 0.717) is 5.92 Å². The molecule has 0 aliphatic heterocycles. The summed E-state index contributed by atoms with van der Waals surface area (Å²) < 4.78 is 0. The smallest absolute Gasteiger partial charge is 0.182 e. The highest BCUT2D eigenvalue weighted by atomic mass is 16.1. The van der Waals surface area contributed by atoms with Crippen LogP contribution in [0.25, 0.3) is 0 Å². The van der Waals surface area contributed by atoms with Crippen molar-refractivity contribution in [2.45, 2.75) is 46.1 Å².